The number of benzene rings is 1. The van der Waals surface area contributed by atoms with Crippen LogP contribution in [0.4, 0.5) is 5.69 Å². The van der Waals surface area contributed by atoms with Crippen LogP contribution in [-0.2, 0) is 0 Å². The van der Waals surface area contributed by atoms with E-state index >= 15 is 0 Å². The van der Waals surface area contributed by atoms with E-state index in [0.717, 1.165) is 38.0 Å². The third kappa shape index (κ3) is 3.47. The molecule has 19 heavy (non-hydrogen) atoms. The highest BCUT2D eigenvalue weighted by Crippen LogP contribution is 2.15. The summed E-state index contributed by atoms with van der Waals surface area (Å²) in [5, 5.41) is 3.10. The number of hydrogen-bond donors (Lipinski definition) is 2. The molecule has 0 aliphatic carbocycles. The molecule has 1 saturated heterocycles. The minimum absolute atomic E-state index is 0.0551. The van der Waals surface area contributed by atoms with Gasteiger partial charge < -0.3 is 16.0 Å². The van der Waals surface area contributed by atoms with E-state index in [4.69, 9.17) is 5.73 Å². The van der Waals surface area contributed by atoms with Gasteiger partial charge in [-0.25, -0.2) is 0 Å². The lowest BCUT2D eigenvalue weighted by molar-refractivity contribution is 0.0907. The number of nitrogens with two attached hydrogens (primary N) is 1. The van der Waals surface area contributed by atoms with Crippen LogP contribution in [0.15, 0.2) is 18.2 Å². The predicted molar refractivity (Wildman–Crippen MR) is 78.2 cm³/mol. The van der Waals surface area contributed by atoms with Crippen molar-refractivity contribution in [3.63, 3.8) is 0 Å². The Morgan fingerprint density at radius 3 is 3.00 bits per heavy atom. The quantitative estimate of drug-likeness (QED) is 0.816. The summed E-state index contributed by atoms with van der Waals surface area (Å²) < 4.78 is 0. The smallest absolute Gasteiger partial charge is 0.253 e. The van der Waals surface area contributed by atoms with Crippen LogP contribution in [0.3, 0.4) is 0 Å². The number of nitrogen functional groups attached to an aromatic ring is 1. The number of aryl methyl sites for hydroxylation is 1. The predicted octanol–water partition coefficient (Wildman–Crippen LogP) is 1.79. The zero-order valence-corrected chi connectivity index (χ0v) is 11.8. The minimum atomic E-state index is -0.0551. The molecule has 4 heteroatoms. The molecule has 0 spiro atoms. The summed E-state index contributed by atoms with van der Waals surface area (Å²) >= 11 is 0. The number of nitrogens with zero attached hydrogens (tertiary/aromatic N) is 1. The molecule has 1 unspecified atom stereocenters. The van der Waals surface area contributed by atoms with Crippen molar-refractivity contribution in [3.8, 4) is 0 Å². The molecule has 1 fully saturated rings. The van der Waals surface area contributed by atoms with Crippen molar-refractivity contribution in [2.45, 2.75) is 32.7 Å². The van der Waals surface area contributed by atoms with Gasteiger partial charge >= 0.3 is 0 Å². The van der Waals surface area contributed by atoms with Gasteiger partial charge in [-0.05, 0) is 50.6 Å². The largest absolute Gasteiger partial charge is 0.398 e. The monoisotopic (exact) mass is 261 g/mol. The van der Waals surface area contributed by atoms with Crippen molar-refractivity contribution >= 4 is 11.6 Å². The molecule has 104 valence electrons. The van der Waals surface area contributed by atoms with Gasteiger partial charge in [-0.3, -0.25) is 4.79 Å². The van der Waals surface area contributed by atoms with Crippen molar-refractivity contribution in [2.75, 3.05) is 25.4 Å². The van der Waals surface area contributed by atoms with E-state index in [2.05, 4.69) is 17.1 Å². The zero-order valence-electron chi connectivity index (χ0n) is 11.8. The maximum absolute atomic E-state index is 12.2. The summed E-state index contributed by atoms with van der Waals surface area (Å²) in [6, 6.07) is 5.81. The van der Waals surface area contributed by atoms with Crippen LogP contribution in [0.25, 0.3) is 0 Å². The number of amides is 1. The van der Waals surface area contributed by atoms with Crippen LogP contribution in [0, 0.1) is 6.92 Å². The van der Waals surface area contributed by atoms with Crippen LogP contribution < -0.4 is 11.1 Å². The molecule has 2 rings (SSSR count). The van der Waals surface area contributed by atoms with Gasteiger partial charge in [0, 0.05) is 18.3 Å². The first-order valence-corrected chi connectivity index (χ1v) is 6.99. The fourth-order valence-electron chi connectivity index (χ4n) is 2.61. The van der Waals surface area contributed by atoms with Crippen molar-refractivity contribution in [3.05, 3.63) is 29.3 Å². The first-order valence-electron chi connectivity index (χ1n) is 6.99. The highest BCUT2D eigenvalue weighted by molar-refractivity contribution is 5.99. The molecular formula is C15H23N3O. The van der Waals surface area contributed by atoms with Gasteiger partial charge in [-0.2, -0.15) is 0 Å². The molecule has 1 aliphatic rings. The second-order valence-corrected chi connectivity index (χ2v) is 5.30. The molecule has 1 aliphatic heterocycles. The number of piperidine rings is 1. The summed E-state index contributed by atoms with van der Waals surface area (Å²) in [5.74, 6) is -0.0551. The van der Waals surface area contributed by atoms with Crippen molar-refractivity contribution < 1.29 is 4.79 Å². The van der Waals surface area contributed by atoms with Gasteiger partial charge in [-0.1, -0.05) is 13.0 Å². The fourth-order valence-corrected chi connectivity index (χ4v) is 2.61. The van der Waals surface area contributed by atoms with Crippen molar-refractivity contribution in [1.82, 2.24) is 10.2 Å². The molecule has 0 aromatic heterocycles. The number of hydrogen-bond acceptors (Lipinski definition) is 3. The maximum Gasteiger partial charge on any atom is 0.253 e. The van der Waals surface area contributed by atoms with E-state index in [0.29, 0.717) is 11.3 Å². The molecule has 0 saturated carbocycles. The Bertz CT molecular complexity index is 459. The van der Waals surface area contributed by atoms with Gasteiger partial charge in [0.05, 0.1) is 5.56 Å². The van der Waals surface area contributed by atoms with Gasteiger partial charge in [0.25, 0.3) is 5.91 Å². The number of likely N-dealkylation sites (tertiary alicyclic amines) is 1. The lowest BCUT2D eigenvalue weighted by Gasteiger charge is -2.32. The van der Waals surface area contributed by atoms with Crippen molar-refractivity contribution in [2.24, 2.45) is 0 Å². The molecule has 1 heterocycles. The first-order chi connectivity index (χ1) is 9.10. The van der Waals surface area contributed by atoms with Gasteiger partial charge in [-0.15, -0.1) is 0 Å². The van der Waals surface area contributed by atoms with E-state index in [-0.39, 0.29) is 11.9 Å². The Labute approximate surface area is 115 Å². The topological polar surface area (TPSA) is 58.4 Å². The second-order valence-electron chi connectivity index (χ2n) is 5.30. The number of carbonyl (C=O) groups excluding carboxylic acids is 1. The van der Waals surface area contributed by atoms with Gasteiger partial charge in [0.1, 0.15) is 0 Å². The van der Waals surface area contributed by atoms with Gasteiger partial charge in [0.15, 0.2) is 0 Å². The summed E-state index contributed by atoms with van der Waals surface area (Å²) in [6.07, 6.45) is 2.19. The molecule has 0 radical (unpaired) electrons. The fraction of sp³-hybridized carbons (Fsp3) is 0.533. The number of carbonyl (C=O) groups is 1. The lowest BCUT2D eigenvalue weighted by atomic mass is 10.0. The van der Waals surface area contributed by atoms with E-state index in [1.54, 1.807) is 6.07 Å². The summed E-state index contributed by atoms with van der Waals surface area (Å²) in [5.41, 5.74) is 8.12. The average molecular weight is 261 g/mol. The van der Waals surface area contributed by atoms with Crippen LogP contribution >= 0.6 is 0 Å². The van der Waals surface area contributed by atoms with E-state index in [1.807, 2.05) is 19.1 Å². The van der Waals surface area contributed by atoms with Crippen LogP contribution in [0.5, 0.6) is 0 Å². The Hall–Kier alpha value is -1.55. The molecule has 1 aromatic rings. The maximum atomic E-state index is 12.2. The second kappa shape index (κ2) is 6.06. The van der Waals surface area contributed by atoms with Crippen molar-refractivity contribution in [1.29, 1.82) is 0 Å². The highest BCUT2D eigenvalue weighted by Gasteiger charge is 2.21. The first kappa shape index (κ1) is 13.9. The number of likely N-dealkylation sites (N-methyl/N-ethyl adjacent to an activating group) is 1. The lowest BCUT2D eigenvalue weighted by Crippen LogP contribution is -2.47. The minimum Gasteiger partial charge on any atom is -0.398 e. The van der Waals surface area contributed by atoms with E-state index < -0.39 is 0 Å². The molecule has 0 bridgehead atoms. The third-order valence-corrected chi connectivity index (χ3v) is 3.74. The van der Waals surface area contributed by atoms with Crippen LogP contribution in [0.1, 0.15) is 35.7 Å². The Balaban J connectivity index is 2.00. The van der Waals surface area contributed by atoms with Crippen LogP contribution in [-0.4, -0.2) is 36.5 Å². The third-order valence-electron chi connectivity index (χ3n) is 3.74. The number of nitrogens with one attached hydrogen (secondary N) is 1. The zero-order chi connectivity index (χ0) is 13.8. The molecule has 1 aromatic carbocycles. The van der Waals surface area contributed by atoms with Crippen LogP contribution in [0.2, 0.25) is 0 Å². The molecule has 1 amide bonds. The standard InChI is InChI=1S/C15H23N3O/c1-3-18-8-4-5-12(10-18)17-15(19)13-7-6-11(2)9-14(13)16/h6-7,9,12H,3-5,8,10,16H2,1-2H3,(H,17,19). The highest BCUT2D eigenvalue weighted by atomic mass is 16.1. The summed E-state index contributed by atoms with van der Waals surface area (Å²) in [4.78, 5) is 14.6. The summed E-state index contributed by atoms with van der Waals surface area (Å²) in [6.45, 7) is 7.24. The number of rotatable bonds is 3. The molecule has 3 N–H and O–H groups in total. The van der Waals surface area contributed by atoms with Gasteiger partial charge in [0.2, 0.25) is 0 Å². The summed E-state index contributed by atoms with van der Waals surface area (Å²) in [7, 11) is 0. The SMILES string of the molecule is CCN1CCCC(NC(=O)c2ccc(C)cc2N)C1. The van der Waals surface area contributed by atoms with E-state index in [1.165, 1.54) is 0 Å². The van der Waals surface area contributed by atoms with E-state index in [9.17, 15) is 4.79 Å². The molecule has 4 nitrogen and oxygen atoms in total. The normalized spacial score (nSPS) is 20.2. The number of anilines is 1. The molecule has 1 atom stereocenters. The Kier molecular flexibility index (Phi) is 4.43. The average Bonchev–Trinajstić information content (AvgIpc) is 2.38. The molecular weight excluding hydrogens is 238 g/mol. The Morgan fingerprint density at radius 1 is 1.53 bits per heavy atom. The Morgan fingerprint density at radius 2 is 2.32 bits per heavy atom.